The summed E-state index contributed by atoms with van der Waals surface area (Å²) >= 11 is 0. The lowest BCUT2D eigenvalue weighted by Gasteiger charge is -2.10. The van der Waals surface area contributed by atoms with Crippen molar-refractivity contribution in [3.63, 3.8) is 0 Å². The predicted molar refractivity (Wildman–Crippen MR) is 165 cm³/mol. The summed E-state index contributed by atoms with van der Waals surface area (Å²) < 4.78 is 0. The van der Waals surface area contributed by atoms with Crippen LogP contribution in [-0.4, -0.2) is 15.0 Å². The van der Waals surface area contributed by atoms with Crippen molar-refractivity contribution in [2.24, 2.45) is 0 Å². The molecule has 0 amide bonds. The van der Waals surface area contributed by atoms with E-state index in [0.717, 1.165) is 22.3 Å². The molecule has 0 N–H and O–H groups in total. The molecule has 40 heavy (non-hydrogen) atoms. The number of hydrogen-bond acceptors (Lipinski definition) is 3. The zero-order chi connectivity index (χ0) is 26.7. The average molecular weight is 512 g/mol. The Balaban J connectivity index is 1.24. The minimum atomic E-state index is 0.657. The van der Waals surface area contributed by atoms with Gasteiger partial charge >= 0.3 is 0 Å². The largest absolute Gasteiger partial charge is 0.208 e. The fourth-order valence-corrected chi connectivity index (χ4v) is 5.00. The van der Waals surface area contributed by atoms with Crippen molar-refractivity contribution in [3.8, 4) is 56.4 Å². The van der Waals surface area contributed by atoms with Gasteiger partial charge in [0.25, 0.3) is 0 Å². The van der Waals surface area contributed by atoms with E-state index in [2.05, 4.69) is 91.0 Å². The monoisotopic (exact) mass is 511 g/mol. The Morgan fingerprint density at radius 2 is 0.650 bits per heavy atom. The summed E-state index contributed by atoms with van der Waals surface area (Å²) in [4.78, 5) is 14.5. The first-order chi connectivity index (χ1) is 19.8. The van der Waals surface area contributed by atoms with Gasteiger partial charge in [0, 0.05) is 16.7 Å². The molecule has 188 valence electrons. The van der Waals surface area contributed by atoms with E-state index in [0.29, 0.717) is 17.5 Å². The smallest absolute Gasteiger partial charge is 0.164 e. The first-order valence-electron chi connectivity index (χ1n) is 13.4. The molecule has 0 unspecified atom stereocenters. The van der Waals surface area contributed by atoms with Crippen molar-refractivity contribution in [1.82, 2.24) is 15.0 Å². The molecule has 0 aliphatic carbocycles. The number of benzene rings is 6. The zero-order valence-electron chi connectivity index (χ0n) is 21.8. The predicted octanol–water partition coefficient (Wildman–Crippen LogP) is 9.36. The van der Waals surface area contributed by atoms with Gasteiger partial charge in [0.05, 0.1) is 0 Å². The summed E-state index contributed by atoms with van der Waals surface area (Å²) in [5, 5.41) is 2.50. The molecule has 0 fully saturated rings. The van der Waals surface area contributed by atoms with Crippen LogP contribution in [-0.2, 0) is 0 Å². The van der Waals surface area contributed by atoms with E-state index in [1.807, 2.05) is 60.7 Å². The standard InChI is InChI=1S/C37H25N3/c1-3-11-28(12-4-1)35-38-36(29-13-5-2-6-14-29)40-37(39-35)30-21-18-27(19-22-30)32-16-9-17-33(24-32)34-23-20-26-10-7-8-15-31(26)25-34/h1-25H. The van der Waals surface area contributed by atoms with Gasteiger partial charge in [-0.15, -0.1) is 0 Å². The lowest BCUT2D eigenvalue weighted by Crippen LogP contribution is -2.00. The molecule has 7 aromatic rings. The Labute approximate surface area is 233 Å². The maximum Gasteiger partial charge on any atom is 0.164 e. The summed E-state index contributed by atoms with van der Waals surface area (Å²) in [6.45, 7) is 0. The molecular weight excluding hydrogens is 486 g/mol. The molecule has 3 heteroatoms. The van der Waals surface area contributed by atoms with Crippen LogP contribution in [0.25, 0.3) is 67.2 Å². The molecule has 0 atom stereocenters. The highest BCUT2D eigenvalue weighted by atomic mass is 15.0. The normalized spacial score (nSPS) is 11.0. The number of fused-ring (bicyclic) bond motifs is 1. The fraction of sp³-hybridized carbons (Fsp3) is 0. The molecule has 0 bridgehead atoms. The van der Waals surface area contributed by atoms with Crippen LogP contribution in [0.5, 0.6) is 0 Å². The van der Waals surface area contributed by atoms with Crippen LogP contribution in [0.3, 0.4) is 0 Å². The van der Waals surface area contributed by atoms with E-state index >= 15 is 0 Å². The van der Waals surface area contributed by atoms with Gasteiger partial charge in [-0.1, -0.05) is 140 Å². The van der Waals surface area contributed by atoms with Gasteiger partial charge in [0.1, 0.15) is 0 Å². The highest BCUT2D eigenvalue weighted by Crippen LogP contribution is 2.30. The van der Waals surface area contributed by atoms with Crippen LogP contribution in [0.2, 0.25) is 0 Å². The van der Waals surface area contributed by atoms with E-state index in [-0.39, 0.29) is 0 Å². The molecule has 3 nitrogen and oxygen atoms in total. The van der Waals surface area contributed by atoms with Gasteiger partial charge in [-0.3, -0.25) is 0 Å². The Morgan fingerprint density at radius 1 is 0.250 bits per heavy atom. The third-order valence-corrected chi connectivity index (χ3v) is 7.12. The summed E-state index contributed by atoms with van der Waals surface area (Å²) in [6, 6.07) is 52.4. The SMILES string of the molecule is c1ccc(-c2nc(-c3ccccc3)nc(-c3ccc(-c4cccc(-c5ccc6ccccc6c5)c4)cc3)n2)cc1. The molecule has 0 radical (unpaired) electrons. The average Bonchev–Trinajstić information content (AvgIpc) is 3.05. The van der Waals surface area contributed by atoms with Crippen LogP contribution in [0.4, 0.5) is 0 Å². The third kappa shape index (κ3) is 4.77. The molecule has 0 saturated carbocycles. The van der Waals surface area contributed by atoms with Gasteiger partial charge in [-0.2, -0.15) is 0 Å². The second-order valence-corrected chi connectivity index (χ2v) is 9.76. The van der Waals surface area contributed by atoms with Gasteiger partial charge in [-0.05, 0) is 45.2 Å². The second-order valence-electron chi connectivity index (χ2n) is 9.76. The van der Waals surface area contributed by atoms with Crippen molar-refractivity contribution in [2.45, 2.75) is 0 Å². The molecule has 7 rings (SSSR count). The van der Waals surface area contributed by atoms with E-state index in [9.17, 15) is 0 Å². The van der Waals surface area contributed by atoms with E-state index < -0.39 is 0 Å². The second kappa shape index (κ2) is 10.4. The zero-order valence-corrected chi connectivity index (χ0v) is 21.8. The van der Waals surface area contributed by atoms with Crippen molar-refractivity contribution in [2.75, 3.05) is 0 Å². The van der Waals surface area contributed by atoms with E-state index in [1.54, 1.807) is 0 Å². The van der Waals surface area contributed by atoms with Crippen molar-refractivity contribution < 1.29 is 0 Å². The fourth-order valence-electron chi connectivity index (χ4n) is 5.00. The molecule has 6 aromatic carbocycles. The van der Waals surface area contributed by atoms with E-state index in [4.69, 9.17) is 15.0 Å². The van der Waals surface area contributed by atoms with Gasteiger partial charge in [-0.25, -0.2) is 15.0 Å². The topological polar surface area (TPSA) is 38.7 Å². The Morgan fingerprint density at radius 3 is 1.25 bits per heavy atom. The summed E-state index contributed by atoms with van der Waals surface area (Å²) in [6.07, 6.45) is 0. The van der Waals surface area contributed by atoms with Crippen molar-refractivity contribution >= 4 is 10.8 Å². The van der Waals surface area contributed by atoms with Crippen LogP contribution >= 0.6 is 0 Å². The first kappa shape index (κ1) is 23.7. The quantitative estimate of drug-likeness (QED) is 0.231. The first-order valence-corrected chi connectivity index (χ1v) is 13.4. The summed E-state index contributed by atoms with van der Waals surface area (Å²) in [7, 11) is 0. The lowest BCUT2D eigenvalue weighted by atomic mass is 9.97. The molecule has 0 saturated heterocycles. The van der Waals surface area contributed by atoms with Crippen LogP contribution < -0.4 is 0 Å². The Kier molecular flexibility index (Phi) is 6.15. The highest BCUT2D eigenvalue weighted by molar-refractivity contribution is 5.88. The van der Waals surface area contributed by atoms with Gasteiger partial charge < -0.3 is 0 Å². The Bertz CT molecular complexity index is 1870. The van der Waals surface area contributed by atoms with Gasteiger partial charge in [0.15, 0.2) is 17.5 Å². The molecule has 0 spiro atoms. The lowest BCUT2D eigenvalue weighted by molar-refractivity contribution is 1.07. The number of aromatic nitrogens is 3. The highest BCUT2D eigenvalue weighted by Gasteiger charge is 2.12. The number of rotatable bonds is 5. The maximum atomic E-state index is 4.86. The maximum absolute atomic E-state index is 4.86. The molecule has 1 aromatic heterocycles. The number of nitrogens with zero attached hydrogens (tertiary/aromatic N) is 3. The number of hydrogen-bond donors (Lipinski definition) is 0. The molecule has 0 aliphatic rings. The van der Waals surface area contributed by atoms with Crippen LogP contribution in [0, 0.1) is 0 Å². The third-order valence-electron chi connectivity index (χ3n) is 7.12. The minimum absolute atomic E-state index is 0.657. The molecule has 0 aliphatic heterocycles. The molecule has 1 heterocycles. The Hall–Kier alpha value is -5.41. The summed E-state index contributed by atoms with van der Waals surface area (Å²) in [5.74, 6) is 1.98. The minimum Gasteiger partial charge on any atom is -0.208 e. The van der Waals surface area contributed by atoms with E-state index in [1.165, 1.54) is 27.5 Å². The van der Waals surface area contributed by atoms with Gasteiger partial charge in [0.2, 0.25) is 0 Å². The van der Waals surface area contributed by atoms with Crippen LogP contribution in [0.15, 0.2) is 152 Å². The van der Waals surface area contributed by atoms with Crippen molar-refractivity contribution in [1.29, 1.82) is 0 Å². The van der Waals surface area contributed by atoms with Crippen LogP contribution in [0.1, 0.15) is 0 Å². The summed E-state index contributed by atoms with van der Waals surface area (Å²) in [5.41, 5.74) is 7.60. The van der Waals surface area contributed by atoms with Crippen molar-refractivity contribution in [3.05, 3.63) is 152 Å². The molecular formula is C37H25N3.